The highest BCUT2D eigenvalue weighted by Gasteiger charge is 3.02. The molecule has 0 aliphatic heterocycles. The molecule has 0 spiro atoms. The van der Waals surface area contributed by atoms with E-state index in [9.17, 15) is 57.9 Å². The van der Waals surface area contributed by atoms with Gasteiger partial charge in [-0.1, -0.05) is 11.6 Å². The minimum atomic E-state index is -7.42. The SMILES string of the molecule is O=C(CC(=O)C1(F)C(F)(F)C(F)(F)C(F)(F)C(F)(F)C1(F)F)c1ccc(Cl)s1. The molecule has 1 fully saturated rings. The molecule has 1 aromatic heterocycles. The molecule has 0 N–H and O–H groups in total. The summed E-state index contributed by atoms with van der Waals surface area (Å²) in [7, 11) is 0. The zero-order chi connectivity index (χ0) is 22.1. The Morgan fingerprint density at radius 2 is 1.14 bits per heavy atom. The molecule has 1 aliphatic rings. The van der Waals surface area contributed by atoms with Crippen LogP contribution in [0, 0.1) is 0 Å². The molecule has 0 saturated heterocycles. The lowest BCUT2D eigenvalue weighted by atomic mass is 9.69. The van der Waals surface area contributed by atoms with E-state index in [4.69, 9.17) is 11.6 Å². The first-order chi connectivity index (χ1) is 12.3. The second-order valence-electron chi connectivity index (χ2n) is 5.66. The fraction of sp³-hybridized carbons (Fsp3) is 0.538. The van der Waals surface area contributed by atoms with Crippen molar-refractivity contribution in [2.45, 2.75) is 41.7 Å². The van der Waals surface area contributed by atoms with Crippen molar-refractivity contribution in [3.63, 3.8) is 0 Å². The third kappa shape index (κ3) is 2.39. The molecule has 0 bridgehead atoms. The molecule has 2 nitrogen and oxygen atoms in total. The summed E-state index contributed by atoms with van der Waals surface area (Å²) < 4.78 is 148. The number of rotatable bonds is 4. The van der Waals surface area contributed by atoms with Crippen molar-refractivity contribution in [1.82, 2.24) is 0 Å². The van der Waals surface area contributed by atoms with E-state index >= 15 is 0 Å². The summed E-state index contributed by atoms with van der Waals surface area (Å²) >= 11 is 5.73. The number of halogens is 12. The van der Waals surface area contributed by atoms with Gasteiger partial charge < -0.3 is 0 Å². The van der Waals surface area contributed by atoms with Gasteiger partial charge in [0, 0.05) is 0 Å². The minimum Gasteiger partial charge on any atom is -0.295 e. The number of carbonyl (C=O) groups is 2. The number of ketones is 2. The van der Waals surface area contributed by atoms with E-state index < -0.39 is 58.1 Å². The number of alkyl halides is 11. The number of hydrogen-bond acceptors (Lipinski definition) is 3. The second kappa shape index (κ2) is 6.03. The summed E-state index contributed by atoms with van der Waals surface area (Å²) in [6, 6.07) is 1.80. The molecule has 0 radical (unpaired) electrons. The topological polar surface area (TPSA) is 34.1 Å². The molecule has 2 rings (SSSR count). The average molecular weight is 469 g/mol. The van der Waals surface area contributed by atoms with Gasteiger partial charge >= 0.3 is 35.3 Å². The van der Waals surface area contributed by atoms with Crippen LogP contribution in [0.3, 0.4) is 0 Å². The van der Waals surface area contributed by atoms with Crippen LogP contribution in [0.4, 0.5) is 48.3 Å². The monoisotopic (exact) mass is 468 g/mol. The summed E-state index contributed by atoms with van der Waals surface area (Å²) in [4.78, 5) is 22.7. The standard InChI is InChI=1S/C13H4ClF11O2S/c14-7-2-1-5(28-7)4(26)3-6(27)8(15)9(16,17)11(20,21)13(24,25)12(22,23)10(8,18)19/h1-2H,3H2. The van der Waals surface area contributed by atoms with Crippen LogP contribution in [-0.4, -0.2) is 46.8 Å². The Kier molecular flexibility index (Phi) is 4.92. The Balaban J connectivity index is 2.61. The lowest BCUT2D eigenvalue weighted by Crippen LogP contribution is -2.85. The highest BCUT2D eigenvalue weighted by molar-refractivity contribution is 7.18. The van der Waals surface area contributed by atoms with E-state index in [1.165, 1.54) is 0 Å². The molecule has 0 atom stereocenters. The quantitative estimate of drug-likeness (QED) is 0.335. The van der Waals surface area contributed by atoms with E-state index in [1.54, 1.807) is 0 Å². The van der Waals surface area contributed by atoms with Gasteiger partial charge in [0.2, 0.25) is 0 Å². The van der Waals surface area contributed by atoms with Crippen molar-refractivity contribution in [2.24, 2.45) is 0 Å². The smallest absolute Gasteiger partial charge is 0.295 e. The van der Waals surface area contributed by atoms with E-state index in [2.05, 4.69) is 0 Å². The molecule has 1 saturated carbocycles. The van der Waals surface area contributed by atoms with Crippen molar-refractivity contribution >= 4 is 34.5 Å². The Morgan fingerprint density at radius 1 is 0.750 bits per heavy atom. The molecule has 1 aromatic rings. The van der Waals surface area contributed by atoms with Crippen molar-refractivity contribution in [2.75, 3.05) is 0 Å². The third-order valence-electron chi connectivity index (χ3n) is 4.00. The average Bonchev–Trinajstić information content (AvgIpc) is 2.98. The van der Waals surface area contributed by atoms with Gasteiger partial charge in [0.05, 0.1) is 15.6 Å². The maximum absolute atomic E-state index is 14.4. The molecule has 0 amide bonds. The van der Waals surface area contributed by atoms with Crippen molar-refractivity contribution < 1.29 is 57.9 Å². The van der Waals surface area contributed by atoms with Gasteiger partial charge in [0.1, 0.15) is 0 Å². The zero-order valence-corrected chi connectivity index (χ0v) is 14.2. The van der Waals surface area contributed by atoms with Gasteiger partial charge in [0.25, 0.3) is 0 Å². The van der Waals surface area contributed by atoms with Gasteiger partial charge in [-0.25, -0.2) is 4.39 Å². The maximum Gasteiger partial charge on any atom is 0.384 e. The van der Waals surface area contributed by atoms with Crippen LogP contribution >= 0.6 is 22.9 Å². The van der Waals surface area contributed by atoms with Gasteiger partial charge in [-0.05, 0) is 12.1 Å². The lowest BCUT2D eigenvalue weighted by Gasteiger charge is -2.51. The van der Waals surface area contributed by atoms with Crippen LogP contribution in [0.2, 0.25) is 4.34 Å². The van der Waals surface area contributed by atoms with Crippen LogP contribution in [0.25, 0.3) is 0 Å². The van der Waals surface area contributed by atoms with Crippen LogP contribution in [-0.2, 0) is 4.79 Å². The first-order valence-corrected chi connectivity index (χ1v) is 7.90. The predicted molar refractivity (Wildman–Crippen MR) is 71.9 cm³/mol. The molecule has 15 heteroatoms. The molecule has 1 aliphatic carbocycles. The van der Waals surface area contributed by atoms with E-state index in [0.717, 1.165) is 12.1 Å². The van der Waals surface area contributed by atoms with Crippen molar-refractivity contribution in [3.05, 3.63) is 21.3 Å². The number of Topliss-reactive ketones (excluding diaryl/α,β-unsaturated/α-hetero) is 2. The fourth-order valence-corrected chi connectivity index (χ4v) is 3.37. The molecule has 0 aromatic carbocycles. The lowest BCUT2D eigenvalue weighted by molar-refractivity contribution is -0.476. The van der Waals surface area contributed by atoms with E-state index in [0.29, 0.717) is 11.3 Å². The first kappa shape index (κ1) is 22.8. The Morgan fingerprint density at radius 3 is 1.50 bits per heavy atom. The minimum absolute atomic E-state index is 0.156. The summed E-state index contributed by atoms with van der Waals surface area (Å²) in [5.41, 5.74) is -6.81. The second-order valence-corrected chi connectivity index (χ2v) is 7.37. The molecular formula is C13H4ClF11O2S. The molecule has 28 heavy (non-hydrogen) atoms. The normalized spacial score (nSPS) is 25.9. The Labute approximate surface area is 156 Å². The Bertz CT molecular complexity index is 802. The van der Waals surface area contributed by atoms with Gasteiger partial charge in [0.15, 0.2) is 11.6 Å². The van der Waals surface area contributed by atoms with Crippen LogP contribution in [0.1, 0.15) is 16.1 Å². The number of thiophene rings is 1. The van der Waals surface area contributed by atoms with Crippen LogP contribution < -0.4 is 0 Å². The summed E-state index contributed by atoms with van der Waals surface area (Å²) in [5, 5.41) is 0. The van der Waals surface area contributed by atoms with Crippen molar-refractivity contribution in [1.29, 1.82) is 0 Å². The summed E-state index contributed by atoms with van der Waals surface area (Å²) in [6.07, 6.45) is -2.32. The highest BCUT2D eigenvalue weighted by Crippen LogP contribution is 2.69. The molecule has 1 heterocycles. The van der Waals surface area contributed by atoms with Gasteiger partial charge in [-0.2, -0.15) is 43.9 Å². The summed E-state index contributed by atoms with van der Waals surface area (Å²) in [6.45, 7) is 0. The predicted octanol–water partition coefficient (Wildman–Crippen LogP) is 5.44. The van der Waals surface area contributed by atoms with Gasteiger partial charge in [-0.15, -0.1) is 11.3 Å². The number of hydrogen-bond donors (Lipinski definition) is 0. The number of carbonyl (C=O) groups excluding carboxylic acids is 2. The first-order valence-electron chi connectivity index (χ1n) is 6.70. The zero-order valence-electron chi connectivity index (χ0n) is 12.6. The molecule has 0 unspecified atom stereocenters. The Hall–Kier alpha value is -1.44. The van der Waals surface area contributed by atoms with Crippen LogP contribution in [0.15, 0.2) is 12.1 Å². The van der Waals surface area contributed by atoms with Crippen LogP contribution in [0.5, 0.6) is 0 Å². The fourth-order valence-electron chi connectivity index (χ4n) is 2.39. The molecule has 158 valence electrons. The maximum atomic E-state index is 14.4. The third-order valence-corrected chi connectivity index (χ3v) is 5.27. The summed E-state index contributed by atoms with van der Waals surface area (Å²) in [5.74, 6) is -41.9. The van der Waals surface area contributed by atoms with Gasteiger partial charge in [-0.3, -0.25) is 9.59 Å². The molecular weight excluding hydrogens is 465 g/mol. The highest BCUT2D eigenvalue weighted by atomic mass is 35.5. The van der Waals surface area contributed by atoms with E-state index in [-0.39, 0.29) is 4.34 Å². The van der Waals surface area contributed by atoms with Crippen molar-refractivity contribution in [3.8, 4) is 0 Å². The largest absolute Gasteiger partial charge is 0.384 e. The van der Waals surface area contributed by atoms with E-state index in [1.807, 2.05) is 0 Å².